The molecule has 12 nitrogen and oxygen atoms in total. The Morgan fingerprint density at radius 2 is 1.48 bits per heavy atom. The van der Waals surface area contributed by atoms with E-state index in [2.05, 4.69) is 10.3 Å². The third kappa shape index (κ3) is 9.52. The second-order valence-corrected chi connectivity index (χ2v) is 12.2. The predicted octanol–water partition coefficient (Wildman–Crippen LogP) is 4.71. The molecule has 0 bridgehead atoms. The monoisotopic (exact) mass is 591 g/mol. The van der Waals surface area contributed by atoms with Gasteiger partial charge in [0.25, 0.3) is 0 Å². The molecule has 2 rings (SSSR count). The van der Waals surface area contributed by atoms with Crippen molar-refractivity contribution in [2.45, 2.75) is 96.8 Å². The number of carbonyl (C=O) groups is 4. The molecule has 42 heavy (non-hydrogen) atoms. The average molecular weight is 592 g/mol. The summed E-state index contributed by atoms with van der Waals surface area (Å²) >= 11 is 0. The minimum atomic E-state index is -1.47. The summed E-state index contributed by atoms with van der Waals surface area (Å²) in [4.78, 5) is 58.3. The van der Waals surface area contributed by atoms with Gasteiger partial charge in [-0.15, -0.1) is 4.99 Å². The molecule has 1 aliphatic rings. The maximum Gasteiger partial charge on any atom is 0.437 e. The number of Topliss-reactive ketones (excluding diaryl/α,β-unsaturated/α-hetero) is 1. The Morgan fingerprint density at radius 3 is 1.98 bits per heavy atom. The number of amides is 2. The van der Waals surface area contributed by atoms with Gasteiger partial charge in [0.2, 0.25) is 5.96 Å². The molecular formula is C30H45N3O9. The Labute approximate surface area is 248 Å². The maximum atomic E-state index is 13.4. The maximum absolute atomic E-state index is 13.4. The van der Waals surface area contributed by atoms with E-state index in [9.17, 15) is 19.2 Å². The van der Waals surface area contributed by atoms with Crippen LogP contribution in [0.25, 0.3) is 0 Å². The topological polar surface area (TPSA) is 142 Å². The van der Waals surface area contributed by atoms with Gasteiger partial charge in [-0.2, -0.15) is 0 Å². The van der Waals surface area contributed by atoms with Crippen LogP contribution in [0.1, 0.15) is 78.1 Å². The van der Waals surface area contributed by atoms with Gasteiger partial charge in [-0.25, -0.2) is 9.59 Å². The number of hydrogen-bond acceptors (Lipinski definition) is 9. The van der Waals surface area contributed by atoms with Gasteiger partial charge >= 0.3 is 18.2 Å². The van der Waals surface area contributed by atoms with Gasteiger partial charge in [0.15, 0.2) is 11.6 Å². The van der Waals surface area contributed by atoms with Gasteiger partial charge in [-0.05, 0) is 61.3 Å². The van der Waals surface area contributed by atoms with Crippen molar-refractivity contribution in [1.29, 1.82) is 0 Å². The normalized spacial score (nSPS) is 18.7. The van der Waals surface area contributed by atoms with Crippen LogP contribution in [0.15, 0.2) is 35.3 Å². The molecule has 1 fully saturated rings. The van der Waals surface area contributed by atoms with Crippen molar-refractivity contribution in [3.05, 3.63) is 35.9 Å². The zero-order valence-corrected chi connectivity index (χ0v) is 26.3. The van der Waals surface area contributed by atoms with E-state index in [1.165, 1.54) is 21.3 Å². The number of guanidine groups is 1. The summed E-state index contributed by atoms with van der Waals surface area (Å²) in [7, 11) is 4.03. The van der Waals surface area contributed by atoms with Crippen molar-refractivity contribution in [2.75, 3.05) is 21.3 Å². The molecule has 2 amide bonds. The van der Waals surface area contributed by atoms with Crippen molar-refractivity contribution in [2.24, 2.45) is 10.9 Å². The van der Waals surface area contributed by atoms with Crippen molar-refractivity contribution >= 4 is 29.9 Å². The molecule has 0 aromatic heterocycles. The van der Waals surface area contributed by atoms with E-state index < -0.39 is 53.1 Å². The fraction of sp³-hybridized carbons (Fsp3) is 0.633. The first-order chi connectivity index (χ1) is 19.4. The lowest BCUT2D eigenvalue weighted by molar-refractivity contribution is -0.239. The number of hydrogen-bond donors (Lipinski definition) is 1. The van der Waals surface area contributed by atoms with Crippen LogP contribution < -0.4 is 5.32 Å². The molecule has 3 atom stereocenters. The van der Waals surface area contributed by atoms with E-state index in [-0.39, 0.29) is 18.2 Å². The Bertz CT molecular complexity index is 1130. The first-order valence-corrected chi connectivity index (χ1v) is 13.8. The number of ether oxygens (including phenoxy) is 5. The number of rotatable bonds is 8. The number of nitrogens with one attached hydrogen (secondary N) is 1. The molecule has 3 unspecified atom stereocenters. The Kier molecular flexibility index (Phi) is 11.7. The third-order valence-corrected chi connectivity index (χ3v) is 6.73. The van der Waals surface area contributed by atoms with E-state index in [0.29, 0.717) is 18.4 Å². The number of esters is 1. The Hall–Kier alpha value is -3.51. The molecule has 1 aliphatic heterocycles. The molecule has 1 aromatic carbocycles. The molecular weight excluding hydrogens is 546 g/mol. The van der Waals surface area contributed by atoms with Gasteiger partial charge in [-0.1, -0.05) is 30.3 Å². The summed E-state index contributed by atoms with van der Waals surface area (Å²) in [6.07, 6.45) is -1.13. The van der Waals surface area contributed by atoms with E-state index in [1.54, 1.807) is 77.6 Å². The summed E-state index contributed by atoms with van der Waals surface area (Å²) in [6, 6.07) is 7.37. The lowest BCUT2D eigenvalue weighted by atomic mass is 9.89. The minimum Gasteiger partial charge on any atom is -0.469 e. The van der Waals surface area contributed by atoms with E-state index >= 15 is 0 Å². The number of aliphatic imine (C=N–C) groups is 1. The van der Waals surface area contributed by atoms with Crippen molar-refractivity contribution < 1.29 is 42.9 Å². The van der Waals surface area contributed by atoms with Crippen LogP contribution in [-0.2, 0) is 28.5 Å². The van der Waals surface area contributed by atoms with Gasteiger partial charge in [-0.3, -0.25) is 14.9 Å². The third-order valence-electron chi connectivity index (χ3n) is 6.73. The quantitative estimate of drug-likeness (QED) is 0.113. The number of alkyl carbamates (subject to hydrolysis) is 1. The number of ketones is 1. The molecule has 1 aromatic rings. The Balaban J connectivity index is 2.70. The molecule has 0 radical (unpaired) electrons. The van der Waals surface area contributed by atoms with E-state index in [0.717, 1.165) is 0 Å². The highest BCUT2D eigenvalue weighted by molar-refractivity contribution is 6.01. The number of benzene rings is 1. The number of nitrogens with zero attached hydrogens (tertiary/aromatic N) is 2. The summed E-state index contributed by atoms with van der Waals surface area (Å²) in [5.41, 5.74) is -1.26. The smallest absolute Gasteiger partial charge is 0.437 e. The van der Waals surface area contributed by atoms with E-state index in [4.69, 9.17) is 23.7 Å². The number of methoxy groups -OCH3 is 3. The van der Waals surface area contributed by atoms with Crippen LogP contribution in [0, 0.1) is 5.92 Å². The van der Waals surface area contributed by atoms with Crippen LogP contribution in [-0.4, -0.2) is 85.2 Å². The fourth-order valence-corrected chi connectivity index (χ4v) is 4.83. The average Bonchev–Trinajstić information content (AvgIpc) is 3.28. The summed E-state index contributed by atoms with van der Waals surface area (Å²) < 4.78 is 27.3. The SMILES string of the molecule is COC(=O)C(C1CCC(CC(=O)c2ccccc2)N1/C(=N/C(=O)OC(C)(C)C)NC(=O)OC(C)(C)C)C(C)(OC)OC. The highest BCUT2D eigenvalue weighted by Crippen LogP contribution is 2.39. The first kappa shape index (κ1) is 34.7. The molecule has 12 heteroatoms. The largest absolute Gasteiger partial charge is 0.469 e. The number of likely N-dealkylation sites (tertiary alicyclic amines) is 1. The summed E-state index contributed by atoms with van der Waals surface area (Å²) in [5, 5.41) is 2.57. The van der Waals surface area contributed by atoms with Crippen molar-refractivity contribution in [1.82, 2.24) is 10.2 Å². The molecule has 1 N–H and O–H groups in total. The van der Waals surface area contributed by atoms with Gasteiger partial charge in [0.1, 0.15) is 17.1 Å². The highest BCUT2D eigenvalue weighted by atomic mass is 16.7. The standard InChI is InChI=1S/C30H45N3O9/c1-28(2,3)41-26(36)31-25(32-27(37)42-29(4,5)6)33-20(18-22(34)19-14-12-11-13-15-19)16-17-21(33)23(24(35)38-8)30(7,39-9)40-10/h11-15,20-21,23H,16-18H2,1-10H3,(H,31,32,36,37). The zero-order chi connectivity index (χ0) is 31.9. The second kappa shape index (κ2) is 14.1. The van der Waals surface area contributed by atoms with Gasteiger partial charge in [0, 0.05) is 32.2 Å². The van der Waals surface area contributed by atoms with E-state index in [1.807, 2.05) is 6.07 Å². The van der Waals surface area contributed by atoms with Gasteiger partial charge in [0.05, 0.1) is 13.2 Å². The molecule has 1 saturated heterocycles. The fourth-order valence-electron chi connectivity index (χ4n) is 4.83. The predicted molar refractivity (Wildman–Crippen MR) is 155 cm³/mol. The van der Waals surface area contributed by atoms with Crippen LogP contribution >= 0.6 is 0 Å². The molecule has 234 valence electrons. The minimum absolute atomic E-state index is 0.00553. The summed E-state index contributed by atoms with van der Waals surface area (Å²) in [5.74, 6) is -3.62. The highest BCUT2D eigenvalue weighted by Gasteiger charge is 2.53. The number of carbonyl (C=O) groups excluding carboxylic acids is 4. The molecule has 0 aliphatic carbocycles. The molecule has 1 heterocycles. The van der Waals surface area contributed by atoms with Crippen LogP contribution in [0.3, 0.4) is 0 Å². The van der Waals surface area contributed by atoms with Gasteiger partial charge < -0.3 is 28.6 Å². The lowest BCUT2D eigenvalue weighted by Gasteiger charge is -2.42. The van der Waals surface area contributed by atoms with Crippen LogP contribution in [0.2, 0.25) is 0 Å². The van der Waals surface area contributed by atoms with Crippen LogP contribution in [0.5, 0.6) is 0 Å². The van der Waals surface area contributed by atoms with Crippen LogP contribution in [0.4, 0.5) is 9.59 Å². The van der Waals surface area contributed by atoms with Crippen molar-refractivity contribution in [3.8, 4) is 0 Å². The lowest BCUT2D eigenvalue weighted by Crippen LogP contribution is -2.59. The second-order valence-electron chi connectivity index (χ2n) is 12.2. The first-order valence-electron chi connectivity index (χ1n) is 13.8. The Morgan fingerprint density at radius 1 is 0.905 bits per heavy atom. The van der Waals surface area contributed by atoms with Crippen molar-refractivity contribution in [3.63, 3.8) is 0 Å². The molecule has 0 saturated carbocycles. The summed E-state index contributed by atoms with van der Waals surface area (Å²) in [6.45, 7) is 11.7. The molecule has 0 spiro atoms. The zero-order valence-electron chi connectivity index (χ0n) is 26.3.